The number of fused-ring (bicyclic) bond motifs is 1. The molecule has 0 atom stereocenters. The van der Waals surface area contributed by atoms with Crippen LogP contribution in [-0.4, -0.2) is 24.9 Å². The lowest BCUT2D eigenvalue weighted by atomic mass is 9.90. The molecule has 0 unspecified atom stereocenters. The Labute approximate surface area is 164 Å². The molecule has 1 aliphatic rings. The maximum atomic E-state index is 14.5. The fourth-order valence-corrected chi connectivity index (χ4v) is 4.43. The molecule has 3 aromatic rings. The Morgan fingerprint density at radius 1 is 1.07 bits per heavy atom. The van der Waals surface area contributed by atoms with Gasteiger partial charge in [0.1, 0.15) is 5.82 Å². The van der Waals surface area contributed by atoms with E-state index in [9.17, 15) is 12.8 Å². The van der Waals surface area contributed by atoms with Crippen molar-refractivity contribution in [3.05, 3.63) is 76.9 Å². The number of aryl methyl sites for hydroxylation is 1. The van der Waals surface area contributed by atoms with Gasteiger partial charge in [0.15, 0.2) is 9.84 Å². The largest absolute Gasteiger partial charge is 0.224 e. The van der Waals surface area contributed by atoms with Crippen molar-refractivity contribution in [1.29, 1.82) is 0 Å². The molecular formula is C22H21FN2O2S. The van der Waals surface area contributed by atoms with Crippen molar-refractivity contribution in [1.82, 2.24) is 10.2 Å². The Hall–Kier alpha value is -2.60. The van der Waals surface area contributed by atoms with Gasteiger partial charge in [-0.25, -0.2) is 12.8 Å². The Morgan fingerprint density at radius 2 is 1.89 bits per heavy atom. The smallest absolute Gasteiger partial charge is 0.175 e. The first-order valence-corrected chi connectivity index (χ1v) is 11.2. The Morgan fingerprint density at radius 3 is 2.71 bits per heavy atom. The second-order valence-corrected chi connectivity index (χ2v) is 9.31. The van der Waals surface area contributed by atoms with Gasteiger partial charge < -0.3 is 0 Å². The minimum Gasteiger partial charge on any atom is -0.224 e. The molecule has 1 aliphatic carbocycles. The highest BCUT2D eigenvalue weighted by Crippen LogP contribution is 2.28. The molecule has 0 N–H and O–H groups in total. The van der Waals surface area contributed by atoms with Crippen LogP contribution in [0, 0.1) is 5.82 Å². The molecule has 0 spiro atoms. The Balaban J connectivity index is 1.71. The maximum Gasteiger partial charge on any atom is 0.175 e. The zero-order valence-electron chi connectivity index (χ0n) is 15.7. The zero-order valence-corrected chi connectivity index (χ0v) is 16.5. The third kappa shape index (κ3) is 3.83. The minimum atomic E-state index is -3.36. The molecule has 0 saturated carbocycles. The average molecular weight is 396 g/mol. The van der Waals surface area contributed by atoms with E-state index in [0.717, 1.165) is 36.8 Å². The van der Waals surface area contributed by atoms with Crippen molar-refractivity contribution in [3.8, 4) is 11.1 Å². The van der Waals surface area contributed by atoms with Crippen LogP contribution >= 0.6 is 0 Å². The number of aromatic nitrogens is 2. The van der Waals surface area contributed by atoms with Crippen LogP contribution in [0.5, 0.6) is 0 Å². The highest BCUT2D eigenvalue weighted by molar-refractivity contribution is 7.90. The lowest BCUT2D eigenvalue weighted by Gasteiger charge is -2.17. The molecule has 1 aromatic heterocycles. The third-order valence-corrected chi connectivity index (χ3v) is 6.34. The Bertz CT molecular complexity index is 1140. The molecule has 0 amide bonds. The van der Waals surface area contributed by atoms with Crippen LogP contribution in [0.25, 0.3) is 11.1 Å². The second-order valence-electron chi connectivity index (χ2n) is 7.29. The van der Waals surface area contributed by atoms with Crippen LogP contribution < -0.4 is 0 Å². The van der Waals surface area contributed by atoms with Crippen LogP contribution in [0.1, 0.15) is 35.2 Å². The van der Waals surface area contributed by atoms with Crippen molar-refractivity contribution in [2.24, 2.45) is 0 Å². The lowest BCUT2D eigenvalue weighted by Crippen LogP contribution is -2.10. The van der Waals surface area contributed by atoms with E-state index >= 15 is 0 Å². The predicted octanol–water partition coefficient (Wildman–Crippen LogP) is 4.16. The third-order valence-electron chi connectivity index (χ3n) is 5.23. The van der Waals surface area contributed by atoms with E-state index in [0.29, 0.717) is 17.5 Å². The van der Waals surface area contributed by atoms with Gasteiger partial charge in [0.25, 0.3) is 0 Å². The lowest BCUT2D eigenvalue weighted by molar-refractivity contribution is 0.602. The first-order chi connectivity index (χ1) is 13.4. The van der Waals surface area contributed by atoms with Gasteiger partial charge in [-0.15, -0.1) is 0 Å². The van der Waals surface area contributed by atoms with Crippen molar-refractivity contribution >= 4 is 9.84 Å². The van der Waals surface area contributed by atoms with Crippen molar-refractivity contribution in [2.45, 2.75) is 37.0 Å². The molecule has 4 nitrogen and oxygen atoms in total. The molecule has 0 saturated heterocycles. The monoisotopic (exact) mass is 396 g/mol. The number of rotatable bonds is 4. The van der Waals surface area contributed by atoms with Crippen molar-refractivity contribution in [2.75, 3.05) is 6.26 Å². The molecule has 28 heavy (non-hydrogen) atoms. The topological polar surface area (TPSA) is 59.9 Å². The summed E-state index contributed by atoms with van der Waals surface area (Å²) in [4.78, 5) is 0.179. The molecule has 1 heterocycles. The zero-order chi connectivity index (χ0) is 19.7. The highest BCUT2D eigenvalue weighted by Gasteiger charge is 2.16. The van der Waals surface area contributed by atoms with E-state index in [1.54, 1.807) is 24.3 Å². The molecular weight excluding hydrogens is 375 g/mol. The van der Waals surface area contributed by atoms with Crippen LogP contribution in [0.4, 0.5) is 4.39 Å². The van der Waals surface area contributed by atoms with E-state index < -0.39 is 9.84 Å². The van der Waals surface area contributed by atoms with Gasteiger partial charge in [-0.05, 0) is 72.2 Å². The van der Waals surface area contributed by atoms with Gasteiger partial charge in [-0.3, -0.25) is 0 Å². The summed E-state index contributed by atoms with van der Waals surface area (Å²) < 4.78 is 38.2. The maximum absolute atomic E-state index is 14.5. The summed E-state index contributed by atoms with van der Waals surface area (Å²) in [5.74, 6) is -0.379. The first-order valence-electron chi connectivity index (χ1n) is 9.33. The van der Waals surface area contributed by atoms with Gasteiger partial charge in [0, 0.05) is 18.2 Å². The molecule has 144 valence electrons. The number of benzene rings is 2. The number of hydrogen-bond acceptors (Lipinski definition) is 4. The summed E-state index contributed by atoms with van der Waals surface area (Å²) in [5, 5.41) is 8.48. The molecule has 0 bridgehead atoms. The number of sulfone groups is 1. The predicted molar refractivity (Wildman–Crippen MR) is 106 cm³/mol. The fourth-order valence-electron chi connectivity index (χ4n) is 3.76. The van der Waals surface area contributed by atoms with Crippen LogP contribution in [-0.2, 0) is 29.1 Å². The van der Waals surface area contributed by atoms with Crippen LogP contribution in [0.15, 0.2) is 53.6 Å². The van der Waals surface area contributed by atoms with Crippen molar-refractivity contribution in [3.63, 3.8) is 0 Å². The van der Waals surface area contributed by atoms with Gasteiger partial charge in [-0.1, -0.05) is 18.2 Å². The summed E-state index contributed by atoms with van der Waals surface area (Å²) in [7, 11) is -3.36. The summed E-state index contributed by atoms with van der Waals surface area (Å²) in [6.07, 6.45) is 7.94. The molecule has 6 heteroatoms. The number of halogens is 1. The molecule has 0 radical (unpaired) electrons. The summed E-state index contributed by atoms with van der Waals surface area (Å²) in [5.41, 5.74) is 5.34. The average Bonchev–Trinajstić information content (AvgIpc) is 2.69. The quantitative estimate of drug-likeness (QED) is 0.665. The highest BCUT2D eigenvalue weighted by atomic mass is 32.2. The number of hydrogen-bond donors (Lipinski definition) is 0. The van der Waals surface area contributed by atoms with Crippen LogP contribution in [0.2, 0.25) is 0 Å². The van der Waals surface area contributed by atoms with E-state index in [2.05, 4.69) is 10.2 Å². The SMILES string of the molecule is CS(=O)(=O)c1cccc(-c2cc(Cc3nncc4c3CCCC4)ccc2F)c1. The van der Waals surface area contributed by atoms with Gasteiger partial charge in [0.2, 0.25) is 0 Å². The van der Waals surface area contributed by atoms with Gasteiger partial charge >= 0.3 is 0 Å². The fraction of sp³-hybridized carbons (Fsp3) is 0.273. The molecule has 4 rings (SSSR count). The number of nitrogens with zero attached hydrogens (tertiary/aromatic N) is 2. The van der Waals surface area contributed by atoms with Gasteiger partial charge in [-0.2, -0.15) is 10.2 Å². The molecule has 0 fully saturated rings. The second kappa shape index (κ2) is 7.43. The van der Waals surface area contributed by atoms with Crippen LogP contribution in [0.3, 0.4) is 0 Å². The molecule has 0 aliphatic heterocycles. The summed E-state index contributed by atoms with van der Waals surface area (Å²) >= 11 is 0. The van der Waals surface area contributed by atoms with E-state index in [1.165, 1.54) is 35.7 Å². The van der Waals surface area contributed by atoms with E-state index in [4.69, 9.17) is 0 Å². The van der Waals surface area contributed by atoms with Crippen molar-refractivity contribution < 1.29 is 12.8 Å². The molecule has 2 aromatic carbocycles. The Kier molecular flexibility index (Phi) is 4.98. The first kappa shape index (κ1) is 18.7. The summed E-state index contributed by atoms with van der Waals surface area (Å²) in [6.45, 7) is 0. The minimum absolute atomic E-state index is 0.179. The standard InChI is InChI=1S/C22H21FN2O2S/c1-28(26,27)18-7-4-6-16(13-18)20-11-15(9-10-21(20)23)12-22-19-8-3-2-5-17(19)14-24-25-22/h4,6-7,9-11,13-14H,2-3,5,8,12H2,1H3. The van der Waals surface area contributed by atoms with Gasteiger partial charge in [0.05, 0.1) is 16.8 Å². The van der Waals surface area contributed by atoms with E-state index in [1.807, 2.05) is 6.20 Å². The normalized spacial score (nSPS) is 13.9. The van der Waals surface area contributed by atoms with E-state index in [-0.39, 0.29) is 10.7 Å². The summed E-state index contributed by atoms with van der Waals surface area (Å²) in [6, 6.07) is 11.4.